The topological polar surface area (TPSA) is 102 Å². The average molecular weight is 294 g/mol. The molecular weight excluding hydrogens is 276 g/mol. The molecule has 1 aromatic rings. The number of hydrogen-bond donors (Lipinski definition) is 2. The molecule has 1 aliphatic carbocycles. The summed E-state index contributed by atoms with van der Waals surface area (Å²) in [6.07, 6.45) is 1.67. The van der Waals surface area contributed by atoms with Gasteiger partial charge in [-0.1, -0.05) is 0 Å². The second-order valence-corrected chi connectivity index (χ2v) is 5.31. The number of carbonyl (C=O) groups is 1. The number of nitrogens with one attached hydrogen (secondary N) is 1. The van der Waals surface area contributed by atoms with Crippen molar-refractivity contribution in [1.29, 1.82) is 0 Å². The minimum Gasteiger partial charge on any atom is -0.494 e. The van der Waals surface area contributed by atoms with Crippen LogP contribution >= 0.6 is 0 Å². The normalized spacial score (nSPS) is 16.9. The summed E-state index contributed by atoms with van der Waals surface area (Å²) in [6, 6.07) is 4.23. The molecule has 2 N–H and O–H groups in total. The van der Waals surface area contributed by atoms with E-state index in [9.17, 15) is 20.0 Å². The van der Waals surface area contributed by atoms with Crippen molar-refractivity contribution in [3.05, 3.63) is 28.3 Å². The summed E-state index contributed by atoms with van der Waals surface area (Å²) < 4.78 is 5.30. The molecule has 7 nitrogen and oxygen atoms in total. The Kier molecular flexibility index (Phi) is 4.02. The Labute approximate surface area is 122 Å². The number of aliphatic carboxylic acids is 1. The quantitative estimate of drug-likeness (QED) is 0.592. The van der Waals surface area contributed by atoms with E-state index >= 15 is 0 Å². The van der Waals surface area contributed by atoms with Crippen molar-refractivity contribution in [3.63, 3.8) is 0 Å². The maximum absolute atomic E-state index is 11.5. The van der Waals surface area contributed by atoms with Gasteiger partial charge in [0.15, 0.2) is 0 Å². The lowest BCUT2D eigenvalue weighted by atomic mass is 9.95. The van der Waals surface area contributed by atoms with E-state index in [0.717, 1.165) is 12.8 Å². The number of carboxylic acids is 1. The molecule has 0 saturated heterocycles. The van der Waals surface area contributed by atoms with E-state index in [4.69, 9.17) is 4.74 Å². The van der Waals surface area contributed by atoms with Crippen molar-refractivity contribution in [2.24, 2.45) is 5.92 Å². The first kappa shape index (κ1) is 15.1. The molecule has 0 aliphatic heterocycles. The van der Waals surface area contributed by atoms with Crippen LogP contribution in [0.2, 0.25) is 0 Å². The molecule has 1 aromatic carbocycles. The number of nitro groups is 1. The first-order chi connectivity index (χ1) is 9.86. The summed E-state index contributed by atoms with van der Waals surface area (Å²) in [5.74, 6) is -0.586. The molecule has 2 rings (SSSR count). The van der Waals surface area contributed by atoms with Gasteiger partial charge in [-0.15, -0.1) is 0 Å². The third-order valence-electron chi connectivity index (χ3n) is 3.66. The number of non-ortho nitro benzene ring substituents is 1. The molecule has 0 amide bonds. The van der Waals surface area contributed by atoms with Crippen molar-refractivity contribution in [1.82, 2.24) is 0 Å². The fourth-order valence-corrected chi connectivity index (χ4v) is 2.30. The number of nitrogens with zero attached hydrogens (tertiary/aromatic N) is 1. The lowest BCUT2D eigenvalue weighted by Gasteiger charge is -2.27. The fourth-order valence-electron chi connectivity index (χ4n) is 2.30. The molecule has 114 valence electrons. The second-order valence-electron chi connectivity index (χ2n) is 5.31. The molecule has 0 heterocycles. The average Bonchev–Trinajstić information content (AvgIpc) is 3.22. The van der Waals surface area contributed by atoms with Gasteiger partial charge in [0.2, 0.25) is 0 Å². The van der Waals surface area contributed by atoms with Crippen molar-refractivity contribution in [2.45, 2.75) is 32.2 Å². The van der Waals surface area contributed by atoms with Crippen molar-refractivity contribution >= 4 is 17.3 Å². The SMILES string of the molecule is CCOc1cc(NC(C)(C(=O)O)C2CC2)cc([N+](=O)[O-])c1. The molecule has 1 aliphatic rings. The molecule has 1 saturated carbocycles. The zero-order valence-electron chi connectivity index (χ0n) is 12.0. The van der Waals surface area contributed by atoms with Crippen LogP contribution < -0.4 is 10.1 Å². The highest BCUT2D eigenvalue weighted by Crippen LogP contribution is 2.42. The molecule has 1 unspecified atom stereocenters. The predicted molar refractivity (Wildman–Crippen MR) is 76.7 cm³/mol. The molecule has 1 fully saturated rings. The smallest absolute Gasteiger partial charge is 0.329 e. The van der Waals surface area contributed by atoms with Gasteiger partial charge >= 0.3 is 5.97 Å². The van der Waals surface area contributed by atoms with Gasteiger partial charge in [0.05, 0.1) is 17.6 Å². The van der Waals surface area contributed by atoms with Gasteiger partial charge in [-0.2, -0.15) is 0 Å². The van der Waals surface area contributed by atoms with Crippen LogP contribution in [0.5, 0.6) is 5.75 Å². The Morgan fingerprint density at radius 2 is 2.19 bits per heavy atom. The molecule has 0 spiro atoms. The Morgan fingerprint density at radius 1 is 1.52 bits per heavy atom. The third-order valence-corrected chi connectivity index (χ3v) is 3.66. The van der Waals surface area contributed by atoms with Crippen LogP contribution in [-0.2, 0) is 4.79 Å². The summed E-state index contributed by atoms with van der Waals surface area (Å²) in [6.45, 7) is 3.75. The van der Waals surface area contributed by atoms with Crippen LogP contribution in [-0.4, -0.2) is 28.1 Å². The third kappa shape index (κ3) is 3.24. The Morgan fingerprint density at radius 3 is 2.67 bits per heavy atom. The van der Waals surface area contributed by atoms with Gasteiger partial charge in [0.1, 0.15) is 11.3 Å². The van der Waals surface area contributed by atoms with E-state index in [1.807, 2.05) is 0 Å². The van der Waals surface area contributed by atoms with Crippen LogP contribution in [0.15, 0.2) is 18.2 Å². The van der Waals surface area contributed by atoms with Crippen molar-refractivity contribution in [3.8, 4) is 5.75 Å². The number of nitro benzene ring substituents is 1. The highest BCUT2D eigenvalue weighted by atomic mass is 16.6. The van der Waals surface area contributed by atoms with Crippen LogP contribution in [0.3, 0.4) is 0 Å². The number of benzene rings is 1. The molecule has 0 bridgehead atoms. The molecule has 1 atom stereocenters. The second kappa shape index (κ2) is 5.59. The zero-order valence-corrected chi connectivity index (χ0v) is 12.0. The molecule has 21 heavy (non-hydrogen) atoms. The largest absolute Gasteiger partial charge is 0.494 e. The highest BCUT2D eigenvalue weighted by Gasteiger charge is 2.47. The number of anilines is 1. The standard InChI is InChI=1S/C14H18N2O5/c1-3-21-12-7-10(6-11(8-12)16(19)20)15-14(2,13(17)18)9-4-5-9/h6-9,15H,3-5H2,1-2H3,(H,17,18). The van der Waals surface area contributed by atoms with E-state index in [-0.39, 0.29) is 11.6 Å². The minimum atomic E-state index is -1.13. The Balaban J connectivity index is 2.33. The first-order valence-corrected chi connectivity index (χ1v) is 6.80. The van der Waals surface area contributed by atoms with E-state index in [2.05, 4.69) is 5.32 Å². The molecule has 0 radical (unpaired) electrons. The monoisotopic (exact) mass is 294 g/mol. The Bertz CT molecular complexity index is 570. The zero-order chi connectivity index (χ0) is 15.6. The number of carboxylic acid groups (broad SMARTS) is 1. The van der Waals surface area contributed by atoms with Crippen molar-refractivity contribution < 1.29 is 19.6 Å². The summed E-state index contributed by atoms with van der Waals surface area (Å²) in [5.41, 5.74) is -0.880. The van der Waals surface area contributed by atoms with Gasteiger partial charge in [-0.05, 0) is 32.6 Å². The number of hydrogen-bond acceptors (Lipinski definition) is 5. The lowest BCUT2D eigenvalue weighted by Crippen LogP contribution is -2.45. The van der Waals surface area contributed by atoms with Crippen LogP contribution in [0.1, 0.15) is 26.7 Å². The molecule has 7 heteroatoms. The maximum atomic E-state index is 11.5. The van der Waals surface area contributed by atoms with Crippen molar-refractivity contribution in [2.75, 3.05) is 11.9 Å². The number of rotatable bonds is 7. The van der Waals surface area contributed by atoms with Gasteiger partial charge in [-0.3, -0.25) is 10.1 Å². The summed E-state index contributed by atoms with van der Waals surface area (Å²) in [7, 11) is 0. The lowest BCUT2D eigenvalue weighted by molar-refractivity contribution is -0.384. The summed E-state index contributed by atoms with van der Waals surface area (Å²) in [5, 5.41) is 23.3. The number of ether oxygens (including phenoxy) is 1. The van der Waals surface area contributed by atoms with Gasteiger partial charge in [0.25, 0.3) is 5.69 Å². The van der Waals surface area contributed by atoms with Gasteiger partial charge in [-0.25, -0.2) is 4.79 Å². The minimum absolute atomic E-state index is 0.0322. The molecular formula is C14H18N2O5. The van der Waals surface area contributed by atoms with E-state index in [1.54, 1.807) is 19.9 Å². The summed E-state index contributed by atoms with van der Waals surface area (Å²) >= 11 is 0. The van der Waals surface area contributed by atoms with E-state index in [1.165, 1.54) is 12.1 Å². The first-order valence-electron chi connectivity index (χ1n) is 6.80. The van der Waals surface area contributed by atoms with Crippen LogP contribution in [0.25, 0.3) is 0 Å². The maximum Gasteiger partial charge on any atom is 0.329 e. The van der Waals surface area contributed by atoms with E-state index < -0.39 is 16.4 Å². The van der Waals surface area contributed by atoms with Crippen LogP contribution in [0.4, 0.5) is 11.4 Å². The highest BCUT2D eigenvalue weighted by molar-refractivity contribution is 5.83. The molecule has 0 aromatic heterocycles. The summed E-state index contributed by atoms with van der Waals surface area (Å²) in [4.78, 5) is 21.9. The van der Waals surface area contributed by atoms with Crippen LogP contribution in [0, 0.1) is 16.0 Å². The fraction of sp³-hybridized carbons (Fsp3) is 0.500. The Hall–Kier alpha value is -2.31. The predicted octanol–water partition coefficient (Wildman–Crippen LogP) is 2.66. The van der Waals surface area contributed by atoms with Gasteiger partial charge in [0, 0.05) is 17.8 Å². The van der Waals surface area contributed by atoms with Gasteiger partial charge < -0.3 is 15.2 Å². The van der Waals surface area contributed by atoms with E-state index in [0.29, 0.717) is 18.0 Å².